The van der Waals surface area contributed by atoms with Gasteiger partial charge in [0.25, 0.3) is 0 Å². The molecule has 1 nitrogen and oxygen atoms in total. The lowest BCUT2D eigenvalue weighted by Gasteiger charge is -2.01. The maximum absolute atomic E-state index is 4.12. The lowest BCUT2D eigenvalue weighted by Crippen LogP contribution is -1.88. The summed E-state index contributed by atoms with van der Waals surface area (Å²) in [5, 5.41) is 0. The first kappa shape index (κ1) is 10.6. The molecule has 0 N–H and O–H groups in total. The minimum atomic E-state index is 0.948. The van der Waals surface area contributed by atoms with Gasteiger partial charge >= 0.3 is 0 Å². The van der Waals surface area contributed by atoms with Crippen LogP contribution in [0.3, 0.4) is 0 Å². The SMILES string of the molecule is CC=Cc1ccc(Cc2cccnc2)cc1. The first-order chi connectivity index (χ1) is 7.88. The van der Waals surface area contributed by atoms with Gasteiger partial charge in [-0.2, -0.15) is 0 Å². The van der Waals surface area contributed by atoms with Crippen LogP contribution < -0.4 is 0 Å². The molecule has 16 heavy (non-hydrogen) atoms. The maximum Gasteiger partial charge on any atom is 0.0303 e. The molecule has 80 valence electrons. The number of hydrogen-bond acceptors (Lipinski definition) is 1. The van der Waals surface area contributed by atoms with Gasteiger partial charge in [-0.05, 0) is 36.1 Å². The molecule has 0 saturated carbocycles. The van der Waals surface area contributed by atoms with Crippen molar-refractivity contribution in [1.29, 1.82) is 0 Å². The van der Waals surface area contributed by atoms with Crippen molar-refractivity contribution >= 4 is 6.08 Å². The molecule has 0 saturated heterocycles. The molecule has 0 amide bonds. The van der Waals surface area contributed by atoms with Gasteiger partial charge < -0.3 is 0 Å². The van der Waals surface area contributed by atoms with Crippen LogP contribution in [0.4, 0.5) is 0 Å². The van der Waals surface area contributed by atoms with Gasteiger partial charge in [0.15, 0.2) is 0 Å². The quantitative estimate of drug-likeness (QED) is 0.751. The predicted molar refractivity (Wildman–Crippen MR) is 68.2 cm³/mol. The molecule has 0 atom stereocenters. The van der Waals surface area contributed by atoms with E-state index >= 15 is 0 Å². The molecule has 0 aliphatic heterocycles. The monoisotopic (exact) mass is 209 g/mol. The molecule has 0 aliphatic carbocycles. The molecule has 1 aromatic carbocycles. The third-order valence-corrected chi connectivity index (χ3v) is 2.47. The van der Waals surface area contributed by atoms with Gasteiger partial charge in [-0.3, -0.25) is 4.98 Å². The van der Waals surface area contributed by atoms with Gasteiger partial charge in [0, 0.05) is 12.4 Å². The maximum atomic E-state index is 4.12. The summed E-state index contributed by atoms with van der Waals surface area (Å²) in [7, 11) is 0. The zero-order chi connectivity index (χ0) is 11.2. The van der Waals surface area contributed by atoms with Gasteiger partial charge in [0.05, 0.1) is 0 Å². The van der Waals surface area contributed by atoms with Crippen LogP contribution >= 0.6 is 0 Å². The first-order valence-electron chi connectivity index (χ1n) is 5.49. The van der Waals surface area contributed by atoms with Crippen LogP contribution in [-0.4, -0.2) is 4.98 Å². The van der Waals surface area contributed by atoms with Crippen LogP contribution in [0.25, 0.3) is 6.08 Å². The summed E-state index contributed by atoms with van der Waals surface area (Å²) in [5.74, 6) is 0. The van der Waals surface area contributed by atoms with Gasteiger partial charge in [0.1, 0.15) is 0 Å². The van der Waals surface area contributed by atoms with Crippen molar-refractivity contribution in [3.8, 4) is 0 Å². The Morgan fingerprint density at radius 1 is 1.06 bits per heavy atom. The van der Waals surface area contributed by atoms with Gasteiger partial charge in [-0.1, -0.05) is 42.5 Å². The normalized spacial score (nSPS) is 10.8. The summed E-state index contributed by atoms with van der Waals surface area (Å²) in [5.41, 5.74) is 3.82. The van der Waals surface area contributed by atoms with Crippen molar-refractivity contribution in [2.75, 3.05) is 0 Å². The third-order valence-electron chi connectivity index (χ3n) is 2.47. The fourth-order valence-corrected chi connectivity index (χ4v) is 1.68. The van der Waals surface area contributed by atoms with Gasteiger partial charge in [-0.25, -0.2) is 0 Å². The Balaban J connectivity index is 2.11. The molecule has 2 aromatic rings. The van der Waals surface area contributed by atoms with Crippen molar-refractivity contribution in [3.63, 3.8) is 0 Å². The van der Waals surface area contributed by atoms with E-state index in [1.54, 1.807) is 6.20 Å². The second-order valence-corrected chi connectivity index (χ2v) is 3.78. The Kier molecular flexibility index (Phi) is 3.50. The smallest absolute Gasteiger partial charge is 0.0303 e. The molecular formula is C15H15N. The Morgan fingerprint density at radius 3 is 2.50 bits per heavy atom. The number of hydrogen-bond donors (Lipinski definition) is 0. The fourth-order valence-electron chi connectivity index (χ4n) is 1.68. The van der Waals surface area contributed by atoms with Crippen LogP contribution in [0, 0.1) is 0 Å². The number of aromatic nitrogens is 1. The lowest BCUT2D eigenvalue weighted by molar-refractivity contribution is 1.14. The van der Waals surface area contributed by atoms with E-state index in [-0.39, 0.29) is 0 Å². The van der Waals surface area contributed by atoms with Crippen LogP contribution in [0.2, 0.25) is 0 Å². The molecule has 1 heteroatoms. The zero-order valence-corrected chi connectivity index (χ0v) is 9.43. The second-order valence-electron chi connectivity index (χ2n) is 3.78. The molecule has 1 aromatic heterocycles. The van der Waals surface area contributed by atoms with E-state index in [2.05, 4.69) is 47.5 Å². The van der Waals surface area contributed by atoms with E-state index in [0.717, 1.165) is 6.42 Å². The van der Waals surface area contributed by atoms with Crippen molar-refractivity contribution < 1.29 is 0 Å². The van der Waals surface area contributed by atoms with E-state index in [0.29, 0.717) is 0 Å². The number of rotatable bonds is 3. The minimum absolute atomic E-state index is 0.948. The minimum Gasteiger partial charge on any atom is -0.264 e. The van der Waals surface area contributed by atoms with Crippen LogP contribution in [0.15, 0.2) is 54.9 Å². The Hall–Kier alpha value is -1.89. The Labute approximate surface area is 96.5 Å². The van der Waals surface area contributed by atoms with Crippen molar-refractivity contribution in [2.45, 2.75) is 13.3 Å². The number of nitrogens with zero attached hydrogens (tertiary/aromatic N) is 1. The van der Waals surface area contributed by atoms with Crippen molar-refractivity contribution in [2.24, 2.45) is 0 Å². The topological polar surface area (TPSA) is 12.9 Å². The molecule has 0 spiro atoms. The van der Waals surface area contributed by atoms with Crippen LogP contribution in [-0.2, 0) is 6.42 Å². The molecule has 0 aliphatic rings. The standard InChI is InChI=1S/C15H15N/c1-2-4-13-6-8-14(9-7-13)11-15-5-3-10-16-12-15/h2-10,12H,11H2,1H3. The first-order valence-corrected chi connectivity index (χ1v) is 5.49. The highest BCUT2D eigenvalue weighted by Crippen LogP contribution is 2.10. The summed E-state index contributed by atoms with van der Waals surface area (Å²) in [4.78, 5) is 4.12. The molecule has 0 radical (unpaired) electrons. The Morgan fingerprint density at radius 2 is 1.88 bits per heavy atom. The van der Waals surface area contributed by atoms with E-state index in [4.69, 9.17) is 0 Å². The number of benzene rings is 1. The van der Waals surface area contributed by atoms with E-state index in [1.807, 2.05) is 19.2 Å². The third kappa shape index (κ3) is 2.80. The average Bonchev–Trinajstić information content (AvgIpc) is 2.33. The van der Waals surface area contributed by atoms with E-state index in [9.17, 15) is 0 Å². The number of allylic oxidation sites excluding steroid dienone is 1. The molecule has 0 fully saturated rings. The van der Waals surface area contributed by atoms with Gasteiger partial charge in [0.2, 0.25) is 0 Å². The summed E-state index contributed by atoms with van der Waals surface area (Å²) in [6.07, 6.45) is 8.83. The van der Waals surface area contributed by atoms with E-state index < -0.39 is 0 Å². The lowest BCUT2D eigenvalue weighted by atomic mass is 10.0. The molecule has 0 unspecified atom stereocenters. The average molecular weight is 209 g/mol. The fraction of sp³-hybridized carbons (Fsp3) is 0.133. The second kappa shape index (κ2) is 5.26. The van der Waals surface area contributed by atoms with Gasteiger partial charge in [-0.15, -0.1) is 0 Å². The Bertz CT molecular complexity index is 455. The highest BCUT2D eigenvalue weighted by molar-refractivity contribution is 5.49. The van der Waals surface area contributed by atoms with Crippen LogP contribution in [0.5, 0.6) is 0 Å². The number of pyridine rings is 1. The largest absolute Gasteiger partial charge is 0.264 e. The molecular weight excluding hydrogens is 194 g/mol. The highest BCUT2D eigenvalue weighted by atomic mass is 14.6. The zero-order valence-electron chi connectivity index (χ0n) is 9.43. The molecule has 2 rings (SSSR count). The predicted octanol–water partition coefficient (Wildman–Crippen LogP) is 3.71. The summed E-state index contributed by atoms with van der Waals surface area (Å²) < 4.78 is 0. The summed E-state index contributed by atoms with van der Waals surface area (Å²) in [6, 6.07) is 12.7. The molecule has 1 heterocycles. The van der Waals surface area contributed by atoms with Crippen molar-refractivity contribution in [3.05, 3.63) is 71.6 Å². The van der Waals surface area contributed by atoms with E-state index in [1.165, 1.54) is 16.7 Å². The van der Waals surface area contributed by atoms with Crippen molar-refractivity contribution in [1.82, 2.24) is 4.98 Å². The highest BCUT2D eigenvalue weighted by Gasteiger charge is 1.95. The summed E-state index contributed by atoms with van der Waals surface area (Å²) >= 11 is 0. The van der Waals surface area contributed by atoms with Crippen LogP contribution in [0.1, 0.15) is 23.6 Å². The summed E-state index contributed by atoms with van der Waals surface area (Å²) in [6.45, 7) is 2.03. The molecule has 0 bridgehead atoms.